The number of carbonyl (C=O) groups is 1. The zero-order chi connectivity index (χ0) is 13.7. The Morgan fingerprint density at radius 3 is 2.68 bits per heavy atom. The van der Waals surface area contributed by atoms with Gasteiger partial charge >= 0.3 is 6.09 Å². The Hall–Kier alpha value is -2.01. The number of halogens is 1. The van der Waals surface area contributed by atoms with Crippen LogP contribution in [-0.2, 0) is 11.3 Å². The normalized spacial score (nSPS) is 9.95. The number of aromatic hydroxyl groups is 1. The summed E-state index contributed by atoms with van der Waals surface area (Å²) in [5, 5.41) is 11.9. The highest BCUT2D eigenvalue weighted by atomic mass is 79.9. The maximum absolute atomic E-state index is 11.6. The minimum atomic E-state index is -0.574. The molecule has 98 valence electrons. The van der Waals surface area contributed by atoms with Gasteiger partial charge in [0, 0.05) is 10.5 Å². The fraction of sp³-hybridized carbons (Fsp3) is 0.0714. The number of rotatable bonds is 3. The van der Waals surface area contributed by atoms with Crippen molar-refractivity contribution in [1.29, 1.82) is 0 Å². The number of hydrogen-bond acceptors (Lipinski definition) is 3. The molecule has 0 aliphatic heterocycles. The van der Waals surface area contributed by atoms with E-state index < -0.39 is 6.09 Å². The Kier molecular flexibility index (Phi) is 4.41. The number of phenolic OH excluding ortho intramolecular Hbond substituents is 1. The highest BCUT2D eigenvalue weighted by molar-refractivity contribution is 9.10. The molecule has 2 rings (SSSR count). The van der Waals surface area contributed by atoms with Gasteiger partial charge in [-0.25, -0.2) is 4.79 Å². The highest BCUT2D eigenvalue weighted by Crippen LogP contribution is 2.26. The van der Waals surface area contributed by atoms with Crippen LogP contribution in [0.1, 0.15) is 5.56 Å². The van der Waals surface area contributed by atoms with Crippen molar-refractivity contribution in [3.8, 4) is 5.75 Å². The molecule has 0 spiro atoms. The summed E-state index contributed by atoms with van der Waals surface area (Å²) in [6.45, 7) is 0.198. The third-order valence-corrected chi connectivity index (χ3v) is 3.09. The van der Waals surface area contributed by atoms with Crippen LogP contribution in [-0.4, -0.2) is 11.2 Å². The molecule has 19 heavy (non-hydrogen) atoms. The Balaban J connectivity index is 1.93. The number of hydrogen-bond donors (Lipinski definition) is 2. The molecule has 0 unspecified atom stereocenters. The van der Waals surface area contributed by atoms with E-state index in [0.717, 1.165) is 5.56 Å². The van der Waals surface area contributed by atoms with E-state index in [2.05, 4.69) is 21.2 Å². The van der Waals surface area contributed by atoms with Crippen LogP contribution in [0.5, 0.6) is 5.75 Å². The number of anilines is 1. The van der Waals surface area contributed by atoms with Crippen LogP contribution >= 0.6 is 15.9 Å². The maximum atomic E-state index is 11.6. The lowest BCUT2D eigenvalue weighted by molar-refractivity contribution is 0.155. The molecular weight excluding hydrogens is 310 g/mol. The molecule has 0 saturated carbocycles. The van der Waals surface area contributed by atoms with E-state index >= 15 is 0 Å². The first-order valence-corrected chi connectivity index (χ1v) is 6.40. The zero-order valence-electron chi connectivity index (χ0n) is 9.97. The van der Waals surface area contributed by atoms with E-state index in [0.29, 0.717) is 10.2 Å². The Labute approximate surface area is 119 Å². The minimum absolute atomic E-state index is 0.0709. The van der Waals surface area contributed by atoms with Crippen molar-refractivity contribution >= 4 is 27.7 Å². The van der Waals surface area contributed by atoms with Crippen molar-refractivity contribution in [2.75, 3.05) is 5.32 Å². The quantitative estimate of drug-likeness (QED) is 0.901. The summed E-state index contributed by atoms with van der Waals surface area (Å²) < 4.78 is 5.74. The topological polar surface area (TPSA) is 58.6 Å². The molecule has 2 aromatic carbocycles. The number of phenols is 1. The summed E-state index contributed by atoms with van der Waals surface area (Å²) in [6, 6.07) is 14.0. The second-order valence-corrected chi connectivity index (χ2v) is 4.71. The van der Waals surface area contributed by atoms with Crippen LogP contribution < -0.4 is 5.32 Å². The third-order valence-electron chi connectivity index (χ3n) is 2.40. The van der Waals surface area contributed by atoms with E-state index in [1.54, 1.807) is 6.07 Å². The summed E-state index contributed by atoms with van der Waals surface area (Å²) in [5.74, 6) is 0.0709. The van der Waals surface area contributed by atoms with E-state index in [1.165, 1.54) is 12.1 Å². The van der Waals surface area contributed by atoms with Gasteiger partial charge in [0.05, 0.1) is 5.69 Å². The number of ether oxygens (including phenoxy) is 1. The molecule has 5 heteroatoms. The van der Waals surface area contributed by atoms with Crippen LogP contribution in [0.15, 0.2) is 53.0 Å². The van der Waals surface area contributed by atoms with E-state index in [-0.39, 0.29) is 12.4 Å². The summed E-state index contributed by atoms with van der Waals surface area (Å²) in [5.41, 5.74) is 1.37. The monoisotopic (exact) mass is 321 g/mol. The van der Waals surface area contributed by atoms with Crippen LogP contribution in [0.3, 0.4) is 0 Å². The van der Waals surface area contributed by atoms with Gasteiger partial charge in [0.25, 0.3) is 0 Å². The molecule has 0 saturated heterocycles. The first kappa shape index (κ1) is 13.4. The number of nitrogens with one attached hydrogen (secondary N) is 1. The second-order valence-electron chi connectivity index (χ2n) is 3.85. The second kappa shape index (κ2) is 6.24. The van der Waals surface area contributed by atoms with Gasteiger partial charge in [-0.1, -0.05) is 30.3 Å². The number of amides is 1. The van der Waals surface area contributed by atoms with Crippen LogP contribution in [0.2, 0.25) is 0 Å². The number of carbonyl (C=O) groups excluding carboxylic acids is 1. The minimum Gasteiger partial charge on any atom is -0.508 e. The van der Waals surface area contributed by atoms with Gasteiger partial charge in [0.1, 0.15) is 12.4 Å². The third kappa shape index (κ3) is 3.99. The molecule has 0 radical (unpaired) electrons. The maximum Gasteiger partial charge on any atom is 0.411 e. The molecule has 0 heterocycles. The lowest BCUT2D eigenvalue weighted by Gasteiger charge is -2.09. The van der Waals surface area contributed by atoms with Gasteiger partial charge in [-0.3, -0.25) is 5.32 Å². The van der Waals surface area contributed by atoms with Gasteiger partial charge < -0.3 is 9.84 Å². The van der Waals surface area contributed by atoms with Gasteiger partial charge in [0.15, 0.2) is 0 Å². The van der Waals surface area contributed by atoms with Crippen LogP contribution in [0, 0.1) is 0 Å². The van der Waals surface area contributed by atoms with Crippen LogP contribution in [0.4, 0.5) is 10.5 Å². The highest BCUT2D eigenvalue weighted by Gasteiger charge is 2.07. The molecule has 0 fully saturated rings. The lowest BCUT2D eigenvalue weighted by Crippen LogP contribution is -2.13. The van der Waals surface area contributed by atoms with Gasteiger partial charge in [-0.2, -0.15) is 0 Å². The Bertz CT molecular complexity index is 572. The standard InChI is InChI=1S/C14H12BrNO3/c15-12-7-6-11(17)8-13(12)16-14(18)19-9-10-4-2-1-3-5-10/h1-8,17H,9H2,(H,16,18). The van der Waals surface area contributed by atoms with Crippen molar-refractivity contribution in [3.05, 3.63) is 58.6 Å². The molecule has 2 N–H and O–H groups in total. The summed E-state index contributed by atoms with van der Waals surface area (Å²) in [4.78, 5) is 11.6. The van der Waals surface area contributed by atoms with Crippen molar-refractivity contribution < 1.29 is 14.6 Å². The van der Waals surface area contributed by atoms with Crippen molar-refractivity contribution in [2.45, 2.75) is 6.61 Å². The predicted molar refractivity (Wildman–Crippen MR) is 76.1 cm³/mol. The Morgan fingerprint density at radius 1 is 1.21 bits per heavy atom. The van der Waals surface area contributed by atoms with E-state index in [9.17, 15) is 9.90 Å². The molecule has 0 bridgehead atoms. The van der Waals surface area contributed by atoms with E-state index in [4.69, 9.17) is 4.74 Å². The Morgan fingerprint density at radius 2 is 1.95 bits per heavy atom. The van der Waals surface area contributed by atoms with Gasteiger partial charge in [0.2, 0.25) is 0 Å². The molecule has 0 aliphatic rings. The zero-order valence-corrected chi connectivity index (χ0v) is 11.6. The average molecular weight is 322 g/mol. The first-order valence-electron chi connectivity index (χ1n) is 5.61. The molecule has 2 aromatic rings. The first-order chi connectivity index (χ1) is 9.15. The molecule has 1 amide bonds. The van der Waals surface area contributed by atoms with Gasteiger partial charge in [-0.15, -0.1) is 0 Å². The molecule has 4 nitrogen and oxygen atoms in total. The lowest BCUT2D eigenvalue weighted by atomic mass is 10.2. The average Bonchev–Trinajstić information content (AvgIpc) is 2.42. The molecule has 0 atom stereocenters. The van der Waals surface area contributed by atoms with Crippen molar-refractivity contribution in [3.63, 3.8) is 0 Å². The van der Waals surface area contributed by atoms with Crippen molar-refractivity contribution in [1.82, 2.24) is 0 Å². The fourth-order valence-electron chi connectivity index (χ4n) is 1.48. The SMILES string of the molecule is O=C(Nc1cc(O)ccc1Br)OCc1ccccc1. The summed E-state index contributed by atoms with van der Waals surface area (Å²) >= 11 is 3.27. The van der Waals surface area contributed by atoms with Crippen LogP contribution in [0.25, 0.3) is 0 Å². The fourth-order valence-corrected chi connectivity index (χ4v) is 1.82. The smallest absolute Gasteiger partial charge is 0.411 e. The molecular formula is C14H12BrNO3. The number of benzene rings is 2. The summed E-state index contributed by atoms with van der Waals surface area (Å²) in [6.07, 6.45) is -0.574. The van der Waals surface area contributed by atoms with E-state index in [1.807, 2.05) is 30.3 Å². The van der Waals surface area contributed by atoms with Gasteiger partial charge in [-0.05, 0) is 33.6 Å². The summed E-state index contributed by atoms with van der Waals surface area (Å²) in [7, 11) is 0. The molecule has 0 aromatic heterocycles. The van der Waals surface area contributed by atoms with Crippen molar-refractivity contribution in [2.24, 2.45) is 0 Å². The predicted octanol–water partition coefficient (Wildman–Crippen LogP) is 3.90. The largest absolute Gasteiger partial charge is 0.508 e. The molecule has 0 aliphatic carbocycles.